The van der Waals surface area contributed by atoms with Crippen LogP contribution in [-0.4, -0.2) is 54.6 Å². The van der Waals surface area contributed by atoms with Crippen LogP contribution in [0.3, 0.4) is 0 Å². The molecule has 0 radical (unpaired) electrons. The van der Waals surface area contributed by atoms with E-state index >= 15 is 0 Å². The predicted octanol–water partition coefficient (Wildman–Crippen LogP) is 2.78. The third kappa shape index (κ3) is 4.11. The molecular formula is C13H19BrN2O5S. The van der Waals surface area contributed by atoms with Crippen molar-refractivity contribution in [3.8, 4) is 0 Å². The Morgan fingerprint density at radius 3 is 2.59 bits per heavy atom. The monoisotopic (exact) mass is 394 g/mol. The maximum Gasteiger partial charge on any atom is 0.412 e. The van der Waals surface area contributed by atoms with E-state index in [4.69, 9.17) is 5.11 Å². The molecule has 22 heavy (non-hydrogen) atoms. The van der Waals surface area contributed by atoms with E-state index in [1.807, 2.05) is 0 Å². The molecule has 0 aliphatic carbocycles. The van der Waals surface area contributed by atoms with Gasteiger partial charge in [0.05, 0.1) is 11.4 Å². The van der Waals surface area contributed by atoms with E-state index in [9.17, 15) is 19.0 Å². The van der Waals surface area contributed by atoms with Crippen LogP contribution >= 0.6 is 26.5 Å². The molecule has 124 valence electrons. The first-order valence-corrected chi connectivity index (χ1v) is 9.53. The average Bonchev–Trinajstić information content (AvgIpc) is 2.43. The first-order chi connectivity index (χ1) is 10.3. The molecule has 0 saturated carbocycles. The number of amides is 1. The minimum atomic E-state index is -2.57. The van der Waals surface area contributed by atoms with E-state index in [-0.39, 0.29) is 30.6 Å². The highest BCUT2D eigenvalue weighted by atomic mass is 79.9. The average molecular weight is 395 g/mol. The lowest BCUT2D eigenvalue weighted by Crippen LogP contribution is -2.44. The van der Waals surface area contributed by atoms with E-state index < -0.39 is 16.7 Å². The topological polar surface area (TPSA) is 114 Å². The predicted molar refractivity (Wildman–Crippen MR) is 88.8 cm³/mol. The van der Waals surface area contributed by atoms with Crippen LogP contribution in [0.2, 0.25) is 0 Å². The van der Waals surface area contributed by atoms with Crippen LogP contribution in [0.1, 0.15) is 18.5 Å². The number of aliphatic hydroxyl groups excluding tert-OH is 1. The number of nitrogens with zero attached hydrogens (tertiary/aromatic N) is 2. The summed E-state index contributed by atoms with van der Waals surface area (Å²) in [5.41, 5.74) is 0.935. The van der Waals surface area contributed by atoms with Crippen LogP contribution in [0.4, 0.5) is 10.5 Å². The SMILES string of the molecule is O=C(O)N(c1cc(Br)cnc1CCO)C1CCS(O)(O)CC1. The lowest BCUT2D eigenvalue weighted by molar-refractivity contribution is 0.198. The minimum Gasteiger partial charge on any atom is -0.465 e. The summed E-state index contributed by atoms with van der Waals surface area (Å²) < 4.78 is 20.0. The summed E-state index contributed by atoms with van der Waals surface area (Å²) in [5, 5.41) is 18.7. The third-order valence-corrected chi connectivity index (χ3v) is 5.86. The molecule has 0 aromatic carbocycles. The van der Waals surface area contributed by atoms with Crippen LogP contribution in [0.15, 0.2) is 16.7 Å². The number of aromatic nitrogens is 1. The number of hydrogen-bond donors (Lipinski definition) is 4. The molecule has 0 unspecified atom stereocenters. The minimum absolute atomic E-state index is 0.125. The molecule has 2 heterocycles. The quantitative estimate of drug-likeness (QED) is 0.624. The number of aliphatic hydroxyl groups is 1. The van der Waals surface area contributed by atoms with Crippen LogP contribution in [0.25, 0.3) is 0 Å². The summed E-state index contributed by atoms with van der Waals surface area (Å²) in [4.78, 5) is 17.2. The Morgan fingerprint density at radius 2 is 2.05 bits per heavy atom. The van der Waals surface area contributed by atoms with Gasteiger partial charge in [-0.05, 0) is 34.8 Å². The van der Waals surface area contributed by atoms with Crippen molar-refractivity contribution in [3.05, 3.63) is 22.4 Å². The number of carboxylic acid groups (broad SMARTS) is 1. The molecule has 1 saturated heterocycles. The van der Waals surface area contributed by atoms with Gasteiger partial charge in [0.1, 0.15) is 0 Å². The van der Waals surface area contributed by atoms with Crippen molar-refractivity contribution < 1.29 is 24.1 Å². The smallest absolute Gasteiger partial charge is 0.412 e. The zero-order valence-corrected chi connectivity index (χ0v) is 14.3. The number of anilines is 1. The van der Waals surface area contributed by atoms with Crippen LogP contribution in [0, 0.1) is 0 Å². The number of carbonyl (C=O) groups is 1. The molecule has 2 rings (SSSR count). The van der Waals surface area contributed by atoms with E-state index in [0.717, 1.165) is 0 Å². The molecule has 0 bridgehead atoms. The van der Waals surface area contributed by atoms with Gasteiger partial charge in [-0.3, -0.25) is 19.0 Å². The Bertz CT molecular complexity index is 547. The lowest BCUT2D eigenvalue weighted by Gasteiger charge is -2.42. The molecule has 1 aliphatic heterocycles. The van der Waals surface area contributed by atoms with Gasteiger partial charge in [0.2, 0.25) is 0 Å². The number of hydrogen-bond acceptors (Lipinski definition) is 5. The van der Waals surface area contributed by atoms with Gasteiger partial charge in [-0.1, -0.05) is 0 Å². The molecule has 1 aromatic rings. The third-order valence-electron chi connectivity index (χ3n) is 3.65. The molecule has 7 nitrogen and oxygen atoms in total. The van der Waals surface area contributed by atoms with Gasteiger partial charge in [-0.15, -0.1) is 0 Å². The van der Waals surface area contributed by atoms with Gasteiger partial charge in [-0.2, -0.15) is 10.6 Å². The maximum absolute atomic E-state index is 11.7. The van der Waals surface area contributed by atoms with E-state index in [2.05, 4.69) is 20.9 Å². The molecule has 4 N–H and O–H groups in total. The van der Waals surface area contributed by atoms with Crippen molar-refractivity contribution in [1.82, 2.24) is 4.98 Å². The Labute approximate surface area is 138 Å². The van der Waals surface area contributed by atoms with Crippen molar-refractivity contribution in [2.24, 2.45) is 0 Å². The summed E-state index contributed by atoms with van der Waals surface area (Å²) >= 11 is 3.29. The first-order valence-electron chi connectivity index (χ1n) is 6.85. The lowest BCUT2D eigenvalue weighted by atomic mass is 10.1. The summed E-state index contributed by atoms with van der Waals surface area (Å²) in [6.45, 7) is -0.125. The van der Waals surface area contributed by atoms with Crippen molar-refractivity contribution in [3.63, 3.8) is 0 Å². The normalized spacial score (nSPS) is 19.6. The van der Waals surface area contributed by atoms with Gasteiger partial charge in [0, 0.05) is 41.2 Å². The van der Waals surface area contributed by atoms with E-state index in [0.29, 0.717) is 28.7 Å². The van der Waals surface area contributed by atoms with Gasteiger partial charge in [0.25, 0.3) is 0 Å². The van der Waals surface area contributed by atoms with Gasteiger partial charge in [0.15, 0.2) is 0 Å². The summed E-state index contributed by atoms with van der Waals surface area (Å²) in [6.07, 6.45) is 1.49. The summed E-state index contributed by atoms with van der Waals surface area (Å²) in [6, 6.07) is 1.34. The Kier molecular flexibility index (Phi) is 5.67. The fraction of sp³-hybridized carbons (Fsp3) is 0.538. The Morgan fingerprint density at radius 1 is 1.41 bits per heavy atom. The van der Waals surface area contributed by atoms with Gasteiger partial charge in [-0.25, -0.2) is 4.79 Å². The molecule has 9 heteroatoms. The second kappa shape index (κ2) is 7.14. The second-order valence-electron chi connectivity index (χ2n) is 5.19. The number of rotatable bonds is 4. The molecule has 1 aromatic heterocycles. The maximum atomic E-state index is 11.7. The molecule has 1 amide bonds. The van der Waals surface area contributed by atoms with Crippen molar-refractivity contribution in [1.29, 1.82) is 0 Å². The highest BCUT2D eigenvalue weighted by Gasteiger charge is 2.33. The van der Waals surface area contributed by atoms with Gasteiger partial charge >= 0.3 is 6.09 Å². The Balaban J connectivity index is 2.32. The van der Waals surface area contributed by atoms with Gasteiger partial charge < -0.3 is 10.2 Å². The van der Waals surface area contributed by atoms with Crippen LogP contribution < -0.4 is 4.90 Å². The molecule has 1 fully saturated rings. The van der Waals surface area contributed by atoms with Crippen molar-refractivity contribution in [2.75, 3.05) is 23.0 Å². The van der Waals surface area contributed by atoms with E-state index in [1.54, 1.807) is 12.3 Å². The molecule has 0 spiro atoms. The largest absolute Gasteiger partial charge is 0.465 e. The first kappa shape index (κ1) is 17.5. The fourth-order valence-electron chi connectivity index (χ4n) is 2.57. The molecular weight excluding hydrogens is 376 g/mol. The van der Waals surface area contributed by atoms with Crippen molar-refractivity contribution in [2.45, 2.75) is 25.3 Å². The number of halogens is 1. The Hall–Kier alpha value is -0.870. The fourth-order valence-corrected chi connectivity index (χ4v) is 4.40. The highest BCUT2D eigenvalue weighted by molar-refractivity contribution is 9.10. The molecule has 1 aliphatic rings. The standard InChI is InChI=1S/C13H19BrN2O5S/c14-9-7-12(11(1-4-17)15-8-9)16(13(18)19)10-2-5-22(20,21)6-3-10/h7-8,10,17,20-21H,1-6H2,(H,18,19). The molecule has 0 atom stereocenters. The summed E-state index contributed by atoms with van der Waals surface area (Å²) in [7, 11) is -2.57. The highest BCUT2D eigenvalue weighted by Crippen LogP contribution is 2.45. The number of pyridine rings is 1. The van der Waals surface area contributed by atoms with Crippen molar-refractivity contribution >= 4 is 38.3 Å². The van der Waals surface area contributed by atoms with Crippen LogP contribution in [0.5, 0.6) is 0 Å². The zero-order chi connectivity index (χ0) is 16.3. The van der Waals surface area contributed by atoms with E-state index in [1.165, 1.54) is 4.90 Å². The second-order valence-corrected chi connectivity index (χ2v) is 8.52. The van der Waals surface area contributed by atoms with Crippen LogP contribution in [-0.2, 0) is 6.42 Å². The zero-order valence-electron chi connectivity index (χ0n) is 11.9. The summed E-state index contributed by atoms with van der Waals surface area (Å²) in [5.74, 6) is 0.413.